The quantitative estimate of drug-likeness (QED) is 0.854. The Morgan fingerprint density at radius 3 is 2.95 bits per heavy atom. The Labute approximate surface area is 127 Å². The highest BCUT2D eigenvalue weighted by Gasteiger charge is 2.15. The minimum Gasteiger partial charge on any atom is -0.444 e. The molecule has 0 aromatic carbocycles. The number of aromatic nitrogens is 3. The molecule has 2 N–H and O–H groups in total. The highest BCUT2D eigenvalue weighted by Crippen LogP contribution is 2.21. The van der Waals surface area contributed by atoms with Gasteiger partial charge in [0.25, 0.3) is 0 Å². The number of aromatic amines is 1. The van der Waals surface area contributed by atoms with Gasteiger partial charge in [0.15, 0.2) is 5.15 Å². The smallest absolute Gasteiger partial charge is 0.407 e. The lowest BCUT2D eigenvalue weighted by molar-refractivity contribution is 0.0534. The van der Waals surface area contributed by atoms with Crippen molar-refractivity contribution in [2.45, 2.75) is 26.4 Å². The van der Waals surface area contributed by atoms with Crippen molar-refractivity contribution in [2.24, 2.45) is 0 Å². The van der Waals surface area contributed by atoms with E-state index in [4.69, 9.17) is 16.3 Å². The fourth-order valence-electron chi connectivity index (χ4n) is 1.70. The molecule has 0 bridgehead atoms. The van der Waals surface area contributed by atoms with Gasteiger partial charge in [-0.1, -0.05) is 23.8 Å². The number of carbonyl (C=O) groups is 1. The zero-order chi connectivity index (χ0) is 15.5. The molecule has 0 radical (unpaired) electrons. The molecule has 0 spiro atoms. The van der Waals surface area contributed by atoms with E-state index in [0.29, 0.717) is 17.2 Å². The molecule has 112 valence electrons. The predicted molar refractivity (Wildman–Crippen MR) is 82.2 cm³/mol. The summed E-state index contributed by atoms with van der Waals surface area (Å²) in [6.07, 6.45) is 6.41. The number of alkyl carbamates (subject to hydrolysis) is 1. The van der Waals surface area contributed by atoms with Crippen molar-refractivity contribution >= 4 is 34.8 Å². The number of ether oxygens (including phenoxy) is 1. The minimum absolute atomic E-state index is 0.362. The maximum absolute atomic E-state index is 11.5. The Morgan fingerprint density at radius 2 is 2.24 bits per heavy atom. The molecule has 2 aromatic rings. The molecule has 6 nitrogen and oxygen atoms in total. The van der Waals surface area contributed by atoms with Crippen LogP contribution in [-0.2, 0) is 4.74 Å². The zero-order valence-electron chi connectivity index (χ0n) is 12.1. The summed E-state index contributed by atoms with van der Waals surface area (Å²) in [6.45, 7) is 5.81. The Balaban J connectivity index is 1.95. The van der Waals surface area contributed by atoms with Gasteiger partial charge in [-0.2, -0.15) is 0 Å². The van der Waals surface area contributed by atoms with Crippen molar-refractivity contribution in [3.8, 4) is 0 Å². The molecular weight excluding hydrogens is 292 g/mol. The maximum atomic E-state index is 11.5. The first-order valence-corrected chi connectivity index (χ1v) is 6.85. The molecule has 7 heteroatoms. The molecule has 0 saturated heterocycles. The largest absolute Gasteiger partial charge is 0.444 e. The summed E-state index contributed by atoms with van der Waals surface area (Å²) in [4.78, 5) is 22.6. The van der Waals surface area contributed by atoms with Gasteiger partial charge in [0.05, 0.1) is 0 Å². The number of hydrogen-bond acceptors (Lipinski definition) is 4. The van der Waals surface area contributed by atoms with Crippen molar-refractivity contribution in [2.75, 3.05) is 6.54 Å². The predicted octanol–water partition coefficient (Wildman–Crippen LogP) is 3.15. The van der Waals surface area contributed by atoms with Gasteiger partial charge in [0, 0.05) is 18.3 Å². The lowest BCUT2D eigenvalue weighted by atomic mass is 10.2. The van der Waals surface area contributed by atoms with Crippen LogP contribution in [0, 0.1) is 0 Å². The average Bonchev–Trinajstić information content (AvgIpc) is 2.77. The van der Waals surface area contributed by atoms with Crippen LogP contribution in [-0.4, -0.2) is 33.2 Å². The summed E-state index contributed by atoms with van der Waals surface area (Å²) < 4.78 is 5.13. The second kappa shape index (κ2) is 6.13. The van der Waals surface area contributed by atoms with Gasteiger partial charge >= 0.3 is 6.09 Å². The molecule has 0 atom stereocenters. The third-order valence-corrected chi connectivity index (χ3v) is 2.79. The Hall–Kier alpha value is -2.08. The van der Waals surface area contributed by atoms with Crippen LogP contribution >= 0.6 is 11.6 Å². The first kappa shape index (κ1) is 15.3. The fraction of sp³-hybridized carbons (Fsp3) is 0.357. The summed E-state index contributed by atoms with van der Waals surface area (Å²) in [6, 6.07) is 0. The molecule has 0 aliphatic heterocycles. The molecule has 0 aliphatic rings. The van der Waals surface area contributed by atoms with Crippen LogP contribution in [0.2, 0.25) is 5.15 Å². The number of amides is 1. The number of rotatable bonds is 3. The zero-order valence-corrected chi connectivity index (χ0v) is 12.9. The number of halogens is 1. The third-order valence-electron chi connectivity index (χ3n) is 2.51. The Bertz CT molecular complexity index is 673. The van der Waals surface area contributed by atoms with Crippen LogP contribution in [0.15, 0.2) is 18.6 Å². The number of nitrogens with one attached hydrogen (secondary N) is 2. The molecule has 0 saturated carbocycles. The lowest BCUT2D eigenvalue weighted by Gasteiger charge is -2.19. The van der Waals surface area contributed by atoms with E-state index in [1.165, 1.54) is 6.33 Å². The lowest BCUT2D eigenvalue weighted by Crippen LogP contribution is -2.32. The van der Waals surface area contributed by atoms with Crippen molar-refractivity contribution in [3.05, 3.63) is 29.3 Å². The van der Waals surface area contributed by atoms with Crippen molar-refractivity contribution in [3.63, 3.8) is 0 Å². The van der Waals surface area contributed by atoms with Gasteiger partial charge in [-0.05, 0) is 20.8 Å². The highest BCUT2D eigenvalue weighted by atomic mass is 35.5. The first-order valence-electron chi connectivity index (χ1n) is 6.48. The van der Waals surface area contributed by atoms with E-state index in [2.05, 4.69) is 20.3 Å². The van der Waals surface area contributed by atoms with E-state index in [1.807, 2.05) is 32.9 Å². The number of nitrogens with zero attached hydrogens (tertiary/aromatic N) is 2. The molecule has 1 amide bonds. The number of hydrogen-bond donors (Lipinski definition) is 2. The van der Waals surface area contributed by atoms with Crippen molar-refractivity contribution in [1.29, 1.82) is 0 Å². The van der Waals surface area contributed by atoms with Gasteiger partial charge in [-0.3, -0.25) is 0 Å². The highest BCUT2D eigenvalue weighted by molar-refractivity contribution is 6.33. The Morgan fingerprint density at radius 1 is 1.48 bits per heavy atom. The molecule has 0 aliphatic carbocycles. The number of fused-ring (bicyclic) bond motifs is 1. The van der Waals surface area contributed by atoms with Crippen LogP contribution < -0.4 is 5.32 Å². The monoisotopic (exact) mass is 308 g/mol. The van der Waals surface area contributed by atoms with Gasteiger partial charge < -0.3 is 15.0 Å². The van der Waals surface area contributed by atoms with E-state index in [1.54, 1.807) is 6.20 Å². The number of H-pyrrole nitrogens is 1. The van der Waals surface area contributed by atoms with E-state index in [-0.39, 0.29) is 0 Å². The summed E-state index contributed by atoms with van der Waals surface area (Å²) in [5.41, 5.74) is 1.81. The van der Waals surface area contributed by atoms with Gasteiger partial charge in [0.1, 0.15) is 23.0 Å². The van der Waals surface area contributed by atoms with Gasteiger partial charge in [-0.15, -0.1) is 0 Å². The molecule has 2 rings (SSSR count). The molecular formula is C14H17ClN4O2. The first-order chi connectivity index (χ1) is 9.87. The second-order valence-electron chi connectivity index (χ2n) is 5.42. The second-order valence-corrected chi connectivity index (χ2v) is 5.78. The molecule has 21 heavy (non-hydrogen) atoms. The average molecular weight is 309 g/mol. The maximum Gasteiger partial charge on any atom is 0.407 e. The normalized spacial score (nSPS) is 12.0. The molecule has 2 heterocycles. The molecule has 2 aromatic heterocycles. The standard InChI is InChI=1S/C14H17ClN4O2/c1-14(2,3)21-13(20)16-6-4-5-9-7-17-11-10(9)18-8-19-12(11)15/h4-5,7-8,17H,6H2,1-3H3,(H,16,20). The van der Waals surface area contributed by atoms with E-state index in [9.17, 15) is 4.79 Å². The molecule has 0 unspecified atom stereocenters. The summed E-state index contributed by atoms with van der Waals surface area (Å²) in [5.74, 6) is 0. The number of carbonyl (C=O) groups excluding carboxylic acids is 1. The fourth-order valence-corrected chi connectivity index (χ4v) is 1.89. The van der Waals surface area contributed by atoms with Gasteiger partial charge in [-0.25, -0.2) is 14.8 Å². The summed E-state index contributed by atoms with van der Waals surface area (Å²) >= 11 is 5.95. The molecule has 0 fully saturated rings. The van der Waals surface area contributed by atoms with Crippen LogP contribution in [0.5, 0.6) is 0 Å². The van der Waals surface area contributed by atoms with Crippen LogP contribution in [0.3, 0.4) is 0 Å². The van der Waals surface area contributed by atoms with E-state index < -0.39 is 11.7 Å². The van der Waals surface area contributed by atoms with Crippen molar-refractivity contribution < 1.29 is 9.53 Å². The third kappa shape index (κ3) is 4.19. The van der Waals surface area contributed by atoms with Crippen LogP contribution in [0.1, 0.15) is 26.3 Å². The van der Waals surface area contributed by atoms with Crippen molar-refractivity contribution in [1.82, 2.24) is 20.3 Å². The SMILES string of the molecule is CC(C)(C)OC(=O)NCC=Cc1c[nH]c2c(Cl)ncnc12. The van der Waals surface area contributed by atoms with Crippen LogP contribution in [0.4, 0.5) is 4.79 Å². The summed E-state index contributed by atoms with van der Waals surface area (Å²) in [7, 11) is 0. The topological polar surface area (TPSA) is 79.9 Å². The van der Waals surface area contributed by atoms with E-state index >= 15 is 0 Å². The minimum atomic E-state index is -0.502. The Kier molecular flexibility index (Phi) is 4.47. The summed E-state index contributed by atoms with van der Waals surface area (Å²) in [5, 5.41) is 3.03. The van der Waals surface area contributed by atoms with Crippen LogP contribution in [0.25, 0.3) is 17.1 Å². The van der Waals surface area contributed by atoms with Gasteiger partial charge in [0.2, 0.25) is 0 Å². The van der Waals surface area contributed by atoms with E-state index in [0.717, 1.165) is 11.1 Å².